The Bertz CT molecular complexity index is 363. The molecular weight excluding hydrogens is 192 g/mol. The maximum absolute atomic E-state index is 10.4. The molecule has 0 aromatic heterocycles. The Morgan fingerprint density at radius 1 is 1.27 bits per heavy atom. The zero-order chi connectivity index (χ0) is 11.1. The van der Waals surface area contributed by atoms with Gasteiger partial charge in [-0.1, -0.05) is 30.3 Å². The Balaban J connectivity index is 2.49. The first-order chi connectivity index (χ1) is 7.22. The molecule has 0 aliphatic rings. The van der Waals surface area contributed by atoms with E-state index in [0.29, 0.717) is 5.56 Å². The van der Waals surface area contributed by atoms with Crippen molar-refractivity contribution in [3.8, 4) is 0 Å². The molecule has 1 rings (SSSR count). The van der Waals surface area contributed by atoms with Crippen molar-refractivity contribution in [1.82, 2.24) is 0 Å². The summed E-state index contributed by atoms with van der Waals surface area (Å²) in [6, 6.07) is 7.12. The van der Waals surface area contributed by atoms with E-state index >= 15 is 0 Å². The fourth-order valence-electron chi connectivity index (χ4n) is 1.04. The summed E-state index contributed by atoms with van der Waals surface area (Å²) in [6.07, 6.45) is 4.38. The number of rotatable bonds is 4. The van der Waals surface area contributed by atoms with Crippen LogP contribution in [0, 0.1) is 0 Å². The van der Waals surface area contributed by atoms with Gasteiger partial charge >= 0.3 is 5.97 Å². The molecule has 0 unspecified atom stereocenters. The molecule has 3 heteroatoms. The van der Waals surface area contributed by atoms with Crippen LogP contribution in [0.15, 0.2) is 30.3 Å². The lowest BCUT2D eigenvalue weighted by atomic mass is 10.1. The highest BCUT2D eigenvalue weighted by atomic mass is 16.5. The van der Waals surface area contributed by atoms with E-state index in [0.717, 1.165) is 11.8 Å². The van der Waals surface area contributed by atoms with Gasteiger partial charge in [-0.2, -0.15) is 0 Å². The molecule has 0 bridgehead atoms. The number of benzene rings is 1. The molecule has 1 aromatic carbocycles. The van der Waals surface area contributed by atoms with Gasteiger partial charge in [-0.3, -0.25) is 9.59 Å². The predicted octanol–water partition coefficient (Wildman–Crippen LogP) is 2.08. The lowest BCUT2D eigenvalue weighted by molar-refractivity contribution is -0.139. The van der Waals surface area contributed by atoms with Gasteiger partial charge in [0, 0.05) is 12.5 Å². The maximum atomic E-state index is 10.4. The number of carbonyl (C=O) groups excluding carboxylic acids is 2. The summed E-state index contributed by atoms with van der Waals surface area (Å²) in [6.45, 7) is 1.64. The van der Waals surface area contributed by atoms with E-state index < -0.39 is 0 Å². The van der Waals surface area contributed by atoms with Crippen molar-refractivity contribution < 1.29 is 14.3 Å². The molecule has 15 heavy (non-hydrogen) atoms. The van der Waals surface area contributed by atoms with Crippen LogP contribution in [0.3, 0.4) is 0 Å². The van der Waals surface area contributed by atoms with E-state index in [9.17, 15) is 9.59 Å². The van der Waals surface area contributed by atoms with Crippen molar-refractivity contribution in [2.75, 3.05) is 6.61 Å². The van der Waals surface area contributed by atoms with Gasteiger partial charge in [-0.25, -0.2) is 0 Å². The first-order valence-electron chi connectivity index (χ1n) is 4.57. The lowest BCUT2D eigenvalue weighted by Crippen LogP contribution is -1.97. The van der Waals surface area contributed by atoms with Gasteiger partial charge in [0.1, 0.15) is 12.9 Å². The molecule has 0 radical (unpaired) electrons. The van der Waals surface area contributed by atoms with E-state index in [4.69, 9.17) is 4.74 Å². The van der Waals surface area contributed by atoms with E-state index in [-0.39, 0.29) is 12.6 Å². The average Bonchev–Trinajstić information content (AvgIpc) is 2.25. The van der Waals surface area contributed by atoms with Crippen LogP contribution < -0.4 is 0 Å². The third kappa shape index (κ3) is 4.22. The average molecular weight is 204 g/mol. The number of carbonyl (C=O) groups is 2. The van der Waals surface area contributed by atoms with Gasteiger partial charge < -0.3 is 4.74 Å². The van der Waals surface area contributed by atoms with Gasteiger partial charge in [0.2, 0.25) is 0 Å². The molecule has 0 N–H and O–H groups in total. The smallest absolute Gasteiger partial charge is 0.302 e. The largest absolute Gasteiger partial charge is 0.462 e. The van der Waals surface area contributed by atoms with Crippen LogP contribution in [0.4, 0.5) is 0 Å². The monoisotopic (exact) mass is 204 g/mol. The van der Waals surface area contributed by atoms with E-state index in [1.807, 2.05) is 18.2 Å². The highest BCUT2D eigenvalue weighted by Crippen LogP contribution is 2.04. The minimum Gasteiger partial charge on any atom is -0.462 e. The molecule has 0 heterocycles. The summed E-state index contributed by atoms with van der Waals surface area (Å²) < 4.78 is 4.73. The molecular formula is C12H12O3. The molecule has 1 aromatic rings. The predicted molar refractivity (Wildman–Crippen MR) is 57.5 cm³/mol. The number of ether oxygens (including phenoxy) is 1. The second-order valence-corrected chi connectivity index (χ2v) is 2.99. The zero-order valence-corrected chi connectivity index (χ0v) is 8.47. The molecule has 0 amide bonds. The standard InChI is InChI=1S/C12H12O3/c1-10(14)15-8-2-3-11-4-6-12(9-13)7-5-11/h2-7,9H,8H2,1H3/b3-2+. The van der Waals surface area contributed by atoms with Gasteiger partial charge in [-0.15, -0.1) is 0 Å². The number of hydrogen-bond acceptors (Lipinski definition) is 3. The molecule has 0 fully saturated rings. The van der Waals surface area contributed by atoms with Crippen molar-refractivity contribution in [2.45, 2.75) is 6.92 Å². The quantitative estimate of drug-likeness (QED) is 0.557. The van der Waals surface area contributed by atoms with Crippen molar-refractivity contribution in [1.29, 1.82) is 0 Å². The Labute approximate surface area is 88.4 Å². The van der Waals surface area contributed by atoms with Crippen LogP contribution in [0.1, 0.15) is 22.8 Å². The topological polar surface area (TPSA) is 43.4 Å². The summed E-state index contributed by atoms with van der Waals surface area (Å²) in [7, 11) is 0. The minimum absolute atomic E-state index is 0.269. The van der Waals surface area contributed by atoms with Crippen molar-refractivity contribution in [3.63, 3.8) is 0 Å². The number of hydrogen-bond donors (Lipinski definition) is 0. The van der Waals surface area contributed by atoms with Crippen LogP contribution in [0.5, 0.6) is 0 Å². The molecule has 78 valence electrons. The normalized spacial score (nSPS) is 10.2. The van der Waals surface area contributed by atoms with Crippen LogP contribution in [0.25, 0.3) is 6.08 Å². The van der Waals surface area contributed by atoms with Gasteiger partial charge in [0.05, 0.1) is 0 Å². The highest BCUT2D eigenvalue weighted by Gasteiger charge is 1.90. The van der Waals surface area contributed by atoms with Gasteiger partial charge in [-0.05, 0) is 11.6 Å². The Morgan fingerprint density at radius 3 is 2.40 bits per heavy atom. The molecule has 0 saturated heterocycles. The van der Waals surface area contributed by atoms with Gasteiger partial charge in [0.15, 0.2) is 0 Å². The molecule has 0 saturated carbocycles. The third-order valence-corrected chi connectivity index (χ3v) is 1.77. The van der Waals surface area contributed by atoms with Crippen molar-refractivity contribution >= 4 is 18.3 Å². The summed E-state index contributed by atoms with van der Waals surface area (Å²) in [5.41, 5.74) is 1.61. The van der Waals surface area contributed by atoms with Crippen molar-refractivity contribution in [3.05, 3.63) is 41.5 Å². The second kappa shape index (κ2) is 5.75. The second-order valence-electron chi connectivity index (χ2n) is 2.99. The fourth-order valence-corrected chi connectivity index (χ4v) is 1.04. The summed E-state index contributed by atoms with van der Waals surface area (Å²) in [4.78, 5) is 20.8. The number of aldehydes is 1. The van der Waals surface area contributed by atoms with Crippen LogP contribution in [0.2, 0.25) is 0 Å². The summed E-state index contributed by atoms with van der Waals surface area (Å²) in [5, 5.41) is 0. The Hall–Kier alpha value is -1.90. The maximum Gasteiger partial charge on any atom is 0.302 e. The zero-order valence-electron chi connectivity index (χ0n) is 8.47. The molecule has 0 atom stereocenters. The SMILES string of the molecule is CC(=O)OC/C=C/c1ccc(C=O)cc1. The number of esters is 1. The van der Waals surface area contributed by atoms with E-state index in [2.05, 4.69) is 0 Å². The first kappa shape index (κ1) is 11.2. The molecule has 0 spiro atoms. The Kier molecular flexibility index (Phi) is 4.29. The minimum atomic E-state index is -0.295. The van der Waals surface area contributed by atoms with Crippen LogP contribution >= 0.6 is 0 Å². The summed E-state index contributed by atoms with van der Waals surface area (Å²) >= 11 is 0. The van der Waals surface area contributed by atoms with Crippen LogP contribution in [-0.2, 0) is 9.53 Å². The summed E-state index contributed by atoms with van der Waals surface area (Å²) in [5.74, 6) is -0.295. The van der Waals surface area contributed by atoms with Gasteiger partial charge in [0.25, 0.3) is 0 Å². The Morgan fingerprint density at radius 2 is 1.87 bits per heavy atom. The first-order valence-corrected chi connectivity index (χ1v) is 4.57. The highest BCUT2D eigenvalue weighted by molar-refractivity contribution is 5.75. The van der Waals surface area contributed by atoms with E-state index in [1.165, 1.54) is 6.92 Å². The lowest BCUT2D eigenvalue weighted by Gasteiger charge is -1.96. The van der Waals surface area contributed by atoms with E-state index in [1.54, 1.807) is 18.2 Å². The fraction of sp³-hybridized carbons (Fsp3) is 0.167. The molecule has 0 aliphatic heterocycles. The molecule has 3 nitrogen and oxygen atoms in total. The van der Waals surface area contributed by atoms with Crippen LogP contribution in [-0.4, -0.2) is 18.9 Å². The molecule has 0 aliphatic carbocycles. The third-order valence-electron chi connectivity index (χ3n) is 1.77. The van der Waals surface area contributed by atoms with Crippen molar-refractivity contribution in [2.24, 2.45) is 0 Å².